The maximum atomic E-state index is 12.4. The van der Waals surface area contributed by atoms with Crippen molar-refractivity contribution in [2.75, 3.05) is 32.2 Å². The van der Waals surface area contributed by atoms with Crippen LogP contribution in [0, 0.1) is 5.92 Å². The average Bonchev–Trinajstić information content (AvgIpc) is 3.48. The maximum Gasteiger partial charge on any atom is 0.249 e. The van der Waals surface area contributed by atoms with Crippen LogP contribution in [0.15, 0.2) is 42.7 Å². The van der Waals surface area contributed by atoms with Crippen molar-refractivity contribution in [1.29, 1.82) is 0 Å². The molecule has 0 spiro atoms. The molecule has 1 N–H and O–H groups in total. The molecule has 1 atom stereocenters. The van der Waals surface area contributed by atoms with E-state index in [1.807, 2.05) is 41.4 Å². The minimum absolute atomic E-state index is 0.0596. The molecule has 1 aliphatic heterocycles. The van der Waals surface area contributed by atoms with Gasteiger partial charge in [-0.2, -0.15) is 0 Å². The van der Waals surface area contributed by atoms with Crippen molar-refractivity contribution in [3.63, 3.8) is 0 Å². The van der Waals surface area contributed by atoms with Crippen molar-refractivity contribution in [1.82, 2.24) is 9.88 Å². The van der Waals surface area contributed by atoms with Crippen molar-refractivity contribution >= 4 is 17.3 Å². The number of carbonyl (C=O) groups is 1. The first-order valence-electron chi connectivity index (χ1n) is 8.97. The number of nitrogens with zero attached hydrogens (tertiary/aromatic N) is 2. The lowest BCUT2D eigenvalue weighted by Crippen LogP contribution is -2.45. The van der Waals surface area contributed by atoms with Crippen molar-refractivity contribution < 1.29 is 14.3 Å². The Morgan fingerprint density at radius 1 is 1.35 bits per heavy atom. The SMILES string of the molecule is COc1cccc(Nc2ccncc2C2COCC(=O)N2CC2CC2)c1. The molecule has 2 fully saturated rings. The number of carbonyl (C=O) groups excluding carboxylic acids is 1. The Morgan fingerprint density at radius 2 is 2.23 bits per heavy atom. The lowest BCUT2D eigenvalue weighted by Gasteiger charge is -2.36. The third kappa shape index (κ3) is 3.65. The first kappa shape index (κ1) is 16.8. The summed E-state index contributed by atoms with van der Waals surface area (Å²) in [5.41, 5.74) is 2.83. The highest BCUT2D eigenvalue weighted by atomic mass is 16.5. The van der Waals surface area contributed by atoms with Gasteiger partial charge in [-0.25, -0.2) is 0 Å². The molecule has 0 radical (unpaired) electrons. The highest BCUT2D eigenvalue weighted by molar-refractivity contribution is 5.79. The Bertz CT molecular complexity index is 791. The van der Waals surface area contributed by atoms with Gasteiger partial charge in [-0.15, -0.1) is 0 Å². The van der Waals surface area contributed by atoms with Crippen LogP contribution in [0.25, 0.3) is 0 Å². The summed E-state index contributed by atoms with van der Waals surface area (Å²) < 4.78 is 10.9. The molecule has 6 heteroatoms. The molecule has 26 heavy (non-hydrogen) atoms. The number of benzene rings is 1. The topological polar surface area (TPSA) is 63.7 Å². The summed E-state index contributed by atoms with van der Waals surface area (Å²) in [6.07, 6.45) is 6.00. The molecule has 1 saturated carbocycles. The zero-order chi connectivity index (χ0) is 17.9. The second-order valence-corrected chi connectivity index (χ2v) is 6.84. The Balaban J connectivity index is 1.62. The lowest BCUT2D eigenvalue weighted by molar-refractivity contribution is -0.148. The lowest BCUT2D eigenvalue weighted by atomic mass is 10.0. The number of nitrogens with one attached hydrogen (secondary N) is 1. The van der Waals surface area contributed by atoms with Crippen LogP contribution in [-0.2, 0) is 9.53 Å². The van der Waals surface area contributed by atoms with Gasteiger partial charge in [-0.3, -0.25) is 9.78 Å². The van der Waals surface area contributed by atoms with E-state index in [-0.39, 0.29) is 18.6 Å². The molecule has 0 bridgehead atoms. The van der Waals surface area contributed by atoms with Gasteiger partial charge in [0.1, 0.15) is 12.4 Å². The van der Waals surface area contributed by atoms with Crippen molar-refractivity contribution in [2.45, 2.75) is 18.9 Å². The van der Waals surface area contributed by atoms with Crippen molar-refractivity contribution in [3.05, 3.63) is 48.3 Å². The summed E-state index contributed by atoms with van der Waals surface area (Å²) in [7, 11) is 1.65. The van der Waals surface area contributed by atoms with E-state index in [0.717, 1.165) is 29.2 Å². The molecule has 1 aromatic carbocycles. The number of pyridine rings is 1. The highest BCUT2D eigenvalue weighted by Gasteiger charge is 2.35. The second kappa shape index (κ2) is 7.33. The molecular formula is C20H23N3O3. The molecule has 2 aromatic rings. The Labute approximate surface area is 153 Å². The van der Waals surface area contributed by atoms with Crippen LogP contribution in [0.1, 0.15) is 24.4 Å². The molecule has 1 aliphatic carbocycles. The third-order valence-corrected chi connectivity index (χ3v) is 4.91. The maximum absolute atomic E-state index is 12.4. The molecule has 2 heterocycles. The second-order valence-electron chi connectivity index (χ2n) is 6.84. The minimum Gasteiger partial charge on any atom is -0.497 e. The number of ether oxygens (including phenoxy) is 2. The quantitative estimate of drug-likeness (QED) is 0.864. The van der Waals surface area contributed by atoms with Crippen LogP contribution >= 0.6 is 0 Å². The van der Waals surface area contributed by atoms with E-state index in [0.29, 0.717) is 12.5 Å². The first-order valence-corrected chi connectivity index (χ1v) is 8.97. The van der Waals surface area contributed by atoms with Crippen LogP contribution in [0.3, 0.4) is 0 Å². The van der Waals surface area contributed by atoms with E-state index in [4.69, 9.17) is 9.47 Å². The van der Waals surface area contributed by atoms with Gasteiger partial charge in [-0.1, -0.05) is 6.07 Å². The molecule has 1 unspecified atom stereocenters. The number of rotatable bonds is 6. The fourth-order valence-electron chi connectivity index (χ4n) is 3.31. The van der Waals surface area contributed by atoms with Gasteiger partial charge in [0.15, 0.2) is 0 Å². The first-order chi connectivity index (χ1) is 12.7. The summed E-state index contributed by atoms with van der Waals surface area (Å²) in [6.45, 7) is 1.47. The zero-order valence-electron chi connectivity index (χ0n) is 14.9. The molecule has 4 rings (SSSR count). The van der Waals surface area contributed by atoms with E-state index in [2.05, 4.69) is 10.3 Å². The standard InChI is InChI=1S/C20H23N3O3/c1-25-16-4-2-3-15(9-16)22-18-7-8-21-10-17(18)19-12-26-13-20(24)23(19)11-14-5-6-14/h2-4,7-10,14,19H,5-6,11-13H2,1H3,(H,21,22). The zero-order valence-corrected chi connectivity index (χ0v) is 14.9. The number of morpholine rings is 1. The van der Waals surface area contributed by atoms with Gasteiger partial charge in [0.25, 0.3) is 0 Å². The summed E-state index contributed by atoms with van der Waals surface area (Å²) in [6, 6.07) is 9.59. The van der Waals surface area contributed by atoms with E-state index >= 15 is 0 Å². The van der Waals surface area contributed by atoms with Crippen LogP contribution in [-0.4, -0.2) is 42.7 Å². The molecule has 1 amide bonds. The van der Waals surface area contributed by atoms with Gasteiger partial charge >= 0.3 is 0 Å². The Kier molecular flexibility index (Phi) is 4.75. The van der Waals surface area contributed by atoms with Gasteiger partial charge in [-0.05, 0) is 37.0 Å². The molecule has 1 saturated heterocycles. The van der Waals surface area contributed by atoms with Gasteiger partial charge in [0.2, 0.25) is 5.91 Å². The summed E-state index contributed by atoms with van der Waals surface area (Å²) in [5, 5.41) is 3.44. The summed E-state index contributed by atoms with van der Waals surface area (Å²) in [5.74, 6) is 1.48. The van der Waals surface area contributed by atoms with Crippen molar-refractivity contribution in [3.8, 4) is 5.75 Å². The normalized spacial score (nSPS) is 20.1. The fourth-order valence-corrected chi connectivity index (χ4v) is 3.31. The smallest absolute Gasteiger partial charge is 0.249 e. The Morgan fingerprint density at radius 3 is 3.04 bits per heavy atom. The van der Waals surface area contributed by atoms with Gasteiger partial charge in [0.05, 0.1) is 19.8 Å². The predicted octanol–water partition coefficient (Wildman–Crippen LogP) is 3.14. The van der Waals surface area contributed by atoms with E-state index in [1.165, 1.54) is 12.8 Å². The third-order valence-electron chi connectivity index (χ3n) is 4.91. The van der Waals surface area contributed by atoms with Crippen LogP contribution in [0.5, 0.6) is 5.75 Å². The number of hydrogen-bond donors (Lipinski definition) is 1. The highest BCUT2D eigenvalue weighted by Crippen LogP contribution is 2.36. The van der Waals surface area contributed by atoms with E-state index < -0.39 is 0 Å². The number of hydrogen-bond acceptors (Lipinski definition) is 5. The monoisotopic (exact) mass is 353 g/mol. The van der Waals surface area contributed by atoms with Crippen LogP contribution in [0.4, 0.5) is 11.4 Å². The van der Waals surface area contributed by atoms with Crippen LogP contribution < -0.4 is 10.1 Å². The largest absolute Gasteiger partial charge is 0.497 e. The number of amides is 1. The van der Waals surface area contributed by atoms with Gasteiger partial charge in [0, 0.05) is 41.9 Å². The van der Waals surface area contributed by atoms with Crippen molar-refractivity contribution in [2.24, 2.45) is 5.92 Å². The average molecular weight is 353 g/mol. The van der Waals surface area contributed by atoms with E-state index in [1.54, 1.807) is 13.3 Å². The van der Waals surface area contributed by atoms with Gasteiger partial charge < -0.3 is 19.7 Å². The fraction of sp³-hybridized carbons (Fsp3) is 0.400. The number of anilines is 2. The van der Waals surface area contributed by atoms with E-state index in [9.17, 15) is 4.79 Å². The Hall–Kier alpha value is -2.60. The molecule has 136 valence electrons. The molecular weight excluding hydrogens is 330 g/mol. The summed E-state index contributed by atoms with van der Waals surface area (Å²) >= 11 is 0. The molecule has 1 aromatic heterocycles. The summed E-state index contributed by atoms with van der Waals surface area (Å²) in [4.78, 5) is 18.7. The molecule has 2 aliphatic rings. The van der Waals surface area contributed by atoms with Crippen LogP contribution in [0.2, 0.25) is 0 Å². The predicted molar refractivity (Wildman–Crippen MR) is 98.5 cm³/mol. The number of aromatic nitrogens is 1. The molecule has 6 nitrogen and oxygen atoms in total. The number of methoxy groups -OCH3 is 1. The minimum atomic E-state index is -0.112.